The molecule has 5 heteroatoms. The van der Waals surface area contributed by atoms with Crippen LogP contribution < -0.4 is 10.8 Å². The maximum Gasteiger partial charge on any atom is 0.267 e. The van der Waals surface area contributed by atoms with E-state index < -0.39 is 11.9 Å². The Morgan fingerprint density at radius 1 is 1.60 bits per heavy atom. The monoisotopic (exact) mass is 203 g/mol. The van der Waals surface area contributed by atoms with Gasteiger partial charge in [-0.15, -0.1) is 0 Å². The van der Waals surface area contributed by atoms with Crippen LogP contribution in [-0.4, -0.2) is 17.2 Å². The van der Waals surface area contributed by atoms with Gasteiger partial charge in [0.2, 0.25) is 0 Å². The number of carbonyl (C=O) groups excluding carboxylic acids is 1. The molecule has 0 bridgehead atoms. The van der Waals surface area contributed by atoms with Crippen molar-refractivity contribution in [3.8, 4) is 6.07 Å². The van der Waals surface area contributed by atoms with Crippen LogP contribution >= 0.6 is 0 Å². The third-order valence-corrected chi connectivity index (χ3v) is 2.40. The van der Waals surface area contributed by atoms with E-state index in [4.69, 9.17) is 11.0 Å². The van der Waals surface area contributed by atoms with Crippen molar-refractivity contribution in [3.63, 3.8) is 0 Å². The van der Waals surface area contributed by atoms with Crippen LogP contribution in [0.15, 0.2) is 18.2 Å². The highest BCUT2D eigenvalue weighted by Gasteiger charge is 2.29. The number of amides is 1. The van der Waals surface area contributed by atoms with Crippen molar-refractivity contribution in [2.24, 2.45) is 5.73 Å². The van der Waals surface area contributed by atoms with Gasteiger partial charge in [0.05, 0.1) is 23.4 Å². The average molecular weight is 203 g/mol. The predicted molar refractivity (Wildman–Crippen MR) is 52.1 cm³/mol. The van der Waals surface area contributed by atoms with Gasteiger partial charge in [0.1, 0.15) is 0 Å². The Kier molecular flexibility index (Phi) is 2.15. The topological polar surface area (TPSA) is 90.3 Å². The normalized spacial score (nSPS) is 19.7. The summed E-state index contributed by atoms with van der Waals surface area (Å²) in [6.45, 7) is 0. The summed E-state index contributed by atoms with van der Waals surface area (Å²) in [5.74, 6) is -0.521. The maximum absolute atomic E-state index is 11.3. The van der Waals surface area contributed by atoms with E-state index in [2.05, 4.69) is 0 Å². The summed E-state index contributed by atoms with van der Waals surface area (Å²) in [4.78, 5) is 11.3. The van der Waals surface area contributed by atoms with Gasteiger partial charge >= 0.3 is 0 Å². The molecule has 0 saturated carbocycles. The number of nitrogens with zero attached hydrogens (tertiary/aromatic N) is 2. The van der Waals surface area contributed by atoms with Gasteiger partial charge in [-0.05, 0) is 30.2 Å². The maximum atomic E-state index is 11.3. The summed E-state index contributed by atoms with van der Waals surface area (Å²) in [6.07, 6.45) is 0.348. The Balaban J connectivity index is 2.51. The Morgan fingerprint density at radius 2 is 2.33 bits per heavy atom. The first-order valence-electron chi connectivity index (χ1n) is 4.45. The fourth-order valence-electron chi connectivity index (χ4n) is 1.63. The number of nitrogens with two attached hydrogens (primary N) is 1. The second-order valence-electron chi connectivity index (χ2n) is 3.42. The molecule has 2 rings (SSSR count). The van der Waals surface area contributed by atoms with Crippen LogP contribution in [0, 0.1) is 11.3 Å². The lowest BCUT2D eigenvalue weighted by Crippen LogP contribution is -2.47. The van der Waals surface area contributed by atoms with Crippen LogP contribution in [0.4, 0.5) is 5.69 Å². The van der Waals surface area contributed by atoms with Gasteiger partial charge in [0, 0.05) is 0 Å². The van der Waals surface area contributed by atoms with Gasteiger partial charge in [-0.3, -0.25) is 10.0 Å². The predicted octanol–water partition coefficient (Wildman–Crippen LogP) is 0.164. The van der Waals surface area contributed by atoms with Crippen LogP contribution in [-0.2, 0) is 11.2 Å². The second-order valence-corrected chi connectivity index (χ2v) is 3.42. The van der Waals surface area contributed by atoms with Gasteiger partial charge in [-0.1, -0.05) is 0 Å². The minimum Gasteiger partial charge on any atom is -0.320 e. The Bertz CT molecular complexity index is 464. The number of fused-ring (bicyclic) bond motifs is 1. The zero-order chi connectivity index (χ0) is 11.0. The number of hydrogen-bond acceptors (Lipinski definition) is 4. The van der Waals surface area contributed by atoms with Crippen molar-refractivity contribution in [2.75, 3.05) is 5.06 Å². The molecule has 1 aliphatic rings. The lowest BCUT2D eigenvalue weighted by Gasteiger charge is -2.27. The van der Waals surface area contributed by atoms with Gasteiger partial charge in [0.15, 0.2) is 0 Å². The van der Waals surface area contributed by atoms with Gasteiger partial charge in [-0.25, -0.2) is 0 Å². The highest BCUT2D eigenvalue weighted by atomic mass is 16.5. The van der Waals surface area contributed by atoms with E-state index in [1.807, 2.05) is 6.07 Å². The van der Waals surface area contributed by atoms with E-state index in [0.717, 1.165) is 0 Å². The number of anilines is 1. The van der Waals surface area contributed by atoms with E-state index in [1.54, 1.807) is 12.1 Å². The fraction of sp³-hybridized carbons (Fsp3) is 0.200. The molecule has 0 aliphatic carbocycles. The first-order chi connectivity index (χ1) is 7.13. The van der Waals surface area contributed by atoms with Crippen molar-refractivity contribution in [2.45, 2.75) is 12.5 Å². The van der Waals surface area contributed by atoms with Crippen LogP contribution in [0.25, 0.3) is 0 Å². The number of carbonyl (C=O) groups is 1. The SMILES string of the molecule is N#Cc1ccc2c(c1)CC(N)C(=O)N2O. The minimum absolute atomic E-state index is 0.348. The molecule has 5 nitrogen and oxygen atoms in total. The summed E-state index contributed by atoms with van der Waals surface area (Å²) in [5.41, 5.74) is 7.15. The summed E-state index contributed by atoms with van der Waals surface area (Å²) in [7, 11) is 0. The van der Waals surface area contributed by atoms with Crippen molar-refractivity contribution in [1.82, 2.24) is 0 Å². The number of hydroxylamine groups is 1. The van der Waals surface area contributed by atoms with Crippen molar-refractivity contribution in [3.05, 3.63) is 29.3 Å². The molecule has 0 saturated heterocycles. The van der Waals surface area contributed by atoms with E-state index in [9.17, 15) is 10.0 Å². The number of nitriles is 1. The number of hydrogen-bond donors (Lipinski definition) is 2. The molecule has 1 aliphatic heterocycles. The van der Waals surface area contributed by atoms with Crippen LogP contribution in [0.1, 0.15) is 11.1 Å². The Labute approximate surface area is 86.3 Å². The molecule has 1 aromatic carbocycles. The third-order valence-electron chi connectivity index (χ3n) is 2.40. The molecule has 1 unspecified atom stereocenters. The van der Waals surface area contributed by atoms with Crippen molar-refractivity contribution < 1.29 is 10.0 Å². The lowest BCUT2D eigenvalue weighted by molar-refractivity contribution is -0.125. The van der Waals surface area contributed by atoms with Crippen molar-refractivity contribution >= 4 is 11.6 Å². The van der Waals surface area contributed by atoms with E-state index in [-0.39, 0.29) is 0 Å². The van der Waals surface area contributed by atoms with Gasteiger partial charge in [-0.2, -0.15) is 10.3 Å². The average Bonchev–Trinajstić information content (AvgIpc) is 2.25. The number of benzene rings is 1. The number of rotatable bonds is 0. The van der Waals surface area contributed by atoms with E-state index in [1.165, 1.54) is 6.07 Å². The molecule has 1 atom stereocenters. The minimum atomic E-state index is -0.739. The molecule has 3 N–H and O–H groups in total. The smallest absolute Gasteiger partial charge is 0.267 e. The molecule has 0 aromatic heterocycles. The first-order valence-corrected chi connectivity index (χ1v) is 4.45. The molecule has 0 radical (unpaired) electrons. The largest absolute Gasteiger partial charge is 0.320 e. The van der Waals surface area contributed by atoms with E-state index >= 15 is 0 Å². The highest BCUT2D eigenvalue weighted by Crippen LogP contribution is 2.26. The Hall–Kier alpha value is -1.90. The zero-order valence-electron chi connectivity index (χ0n) is 7.84. The van der Waals surface area contributed by atoms with Crippen molar-refractivity contribution in [1.29, 1.82) is 5.26 Å². The lowest BCUT2D eigenvalue weighted by atomic mass is 9.97. The molecule has 0 fully saturated rings. The summed E-state index contributed by atoms with van der Waals surface area (Å²) >= 11 is 0. The quantitative estimate of drug-likeness (QED) is 0.588. The van der Waals surface area contributed by atoms with Crippen LogP contribution in [0.2, 0.25) is 0 Å². The van der Waals surface area contributed by atoms with Gasteiger partial charge in [0.25, 0.3) is 5.91 Å². The summed E-state index contributed by atoms with van der Waals surface area (Å²) < 4.78 is 0. The summed E-state index contributed by atoms with van der Waals surface area (Å²) in [5, 5.41) is 18.7. The molecule has 1 heterocycles. The van der Waals surface area contributed by atoms with E-state index in [0.29, 0.717) is 28.3 Å². The fourth-order valence-corrected chi connectivity index (χ4v) is 1.63. The molecule has 1 aromatic rings. The standard InChI is InChI=1S/C10H9N3O2/c11-5-6-1-2-9-7(3-6)4-8(12)10(14)13(9)15/h1-3,8,15H,4,12H2. The molecular weight excluding hydrogens is 194 g/mol. The molecule has 76 valence electrons. The zero-order valence-corrected chi connectivity index (χ0v) is 7.84. The van der Waals surface area contributed by atoms with Crippen LogP contribution in [0.5, 0.6) is 0 Å². The highest BCUT2D eigenvalue weighted by molar-refractivity contribution is 5.98. The summed E-state index contributed by atoms with van der Waals surface area (Å²) in [6, 6.07) is 5.97. The molecule has 15 heavy (non-hydrogen) atoms. The van der Waals surface area contributed by atoms with Crippen LogP contribution in [0.3, 0.4) is 0 Å². The molecule has 1 amide bonds. The second kappa shape index (κ2) is 3.35. The first kappa shape index (κ1) is 9.65. The third kappa shape index (κ3) is 1.46. The molecular formula is C10H9N3O2. The Morgan fingerprint density at radius 3 is 3.00 bits per heavy atom. The molecule has 0 spiro atoms. The van der Waals surface area contributed by atoms with Gasteiger partial charge < -0.3 is 5.73 Å².